The number of β-lactam (4-membered cyclic amide) rings is 1. The standard InChI is InChI=1S/C17H17N5O6S2/c1-28-21-13(11-9-29-17(18)19-11)15(23)20-14-12(22(16(14)24)30(25,26)27)8-7-10-5-3-2-4-6-10/h2-9,12,14H,1H3,(H2,18,19)(H,20,23)(H,25,26,27). The summed E-state index contributed by atoms with van der Waals surface area (Å²) in [6.07, 6.45) is 2.96. The van der Waals surface area contributed by atoms with Gasteiger partial charge in [-0.15, -0.1) is 11.3 Å². The zero-order valence-electron chi connectivity index (χ0n) is 15.5. The second-order valence-electron chi connectivity index (χ2n) is 6.02. The number of aromatic nitrogens is 1. The Morgan fingerprint density at radius 1 is 1.40 bits per heavy atom. The van der Waals surface area contributed by atoms with Crippen LogP contribution in [0.5, 0.6) is 0 Å². The number of nitrogens with one attached hydrogen (secondary N) is 1. The average Bonchev–Trinajstić information content (AvgIpc) is 3.12. The molecule has 1 aliphatic heterocycles. The van der Waals surface area contributed by atoms with Crippen molar-refractivity contribution < 1.29 is 27.4 Å². The fourth-order valence-electron chi connectivity index (χ4n) is 2.76. The molecule has 2 heterocycles. The Kier molecular flexibility index (Phi) is 6.14. The van der Waals surface area contributed by atoms with E-state index in [1.807, 2.05) is 0 Å². The van der Waals surface area contributed by atoms with Gasteiger partial charge in [-0.2, -0.15) is 8.42 Å². The van der Waals surface area contributed by atoms with Crippen LogP contribution in [0.4, 0.5) is 5.13 Å². The van der Waals surface area contributed by atoms with Gasteiger partial charge in [0.2, 0.25) is 0 Å². The van der Waals surface area contributed by atoms with Crippen LogP contribution < -0.4 is 11.1 Å². The molecular weight excluding hydrogens is 434 g/mol. The van der Waals surface area contributed by atoms with Crippen LogP contribution in [0.2, 0.25) is 0 Å². The second-order valence-corrected chi connectivity index (χ2v) is 8.20. The van der Waals surface area contributed by atoms with E-state index in [4.69, 9.17) is 5.73 Å². The number of thiazole rings is 1. The molecular formula is C17H17N5O6S2. The number of nitrogens with zero attached hydrogens (tertiary/aromatic N) is 3. The summed E-state index contributed by atoms with van der Waals surface area (Å²) >= 11 is 1.08. The summed E-state index contributed by atoms with van der Waals surface area (Å²) in [7, 11) is -3.59. The van der Waals surface area contributed by atoms with Crippen LogP contribution in [0.1, 0.15) is 11.3 Å². The fourth-order valence-corrected chi connectivity index (χ4v) is 4.15. The third-order valence-corrected chi connectivity index (χ3v) is 5.67. The van der Waals surface area contributed by atoms with Gasteiger partial charge in [-0.1, -0.05) is 47.6 Å². The van der Waals surface area contributed by atoms with Crippen LogP contribution in [-0.4, -0.2) is 59.0 Å². The predicted octanol–water partition coefficient (Wildman–Crippen LogP) is 0.288. The molecule has 0 saturated carbocycles. The molecule has 3 rings (SSSR count). The van der Waals surface area contributed by atoms with Gasteiger partial charge in [0.15, 0.2) is 10.8 Å². The highest BCUT2D eigenvalue weighted by Crippen LogP contribution is 2.26. The Balaban J connectivity index is 1.85. The Morgan fingerprint density at radius 3 is 2.67 bits per heavy atom. The molecule has 0 spiro atoms. The molecule has 2 unspecified atom stereocenters. The third-order valence-electron chi connectivity index (χ3n) is 4.08. The van der Waals surface area contributed by atoms with Crippen molar-refractivity contribution in [3.8, 4) is 0 Å². The number of amides is 2. The van der Waals surface area contributed by atoms with E-state index in [9.17, 15) is 22.6 Å². The summed E-state index contributed by atoms with van der Waals surface area (Å²) in [6.45, 7) is 0. The molecule has 1 saturated heterocycles. The zero-order valence-corrected chi connectivity index (χ0v) is 17.1. The molecule has 1 aromatic carbocycles. The van der Waals surface area contributed by atoms with Crippen LogP contribution in [0.25, 0.3) is 6.08 Å². The molecule has 158 valence electrons. The third kappa shape index (κ3) is 4.48. The number of carbonyl (C=O) groups is 2. The lowest BCUT2D eigenvalue weighted by Crippen LogP contribution is -2.71. The summed E-state index contributed by atoms with van der Waals surface area (Å²) in [4.78, 5) is 33.6. The van der Waals surface area contributed by atoms with Crippen molar-refractivity contribution in [1.82, 2.24) is 14.6 Å². The zero-order chi connectivity index (χ0) is 21.9. The molecule has 13 heteroatoms. The van der Waals surface area contributed by atoms with Crippen molar-refractivity contribution in [1.29, 1.82) is 0 Å². The van der Waals surface area contributed by atoms with E-state index < -0.39 is 34.2 Å². The highest BCUT2D eigenvalue weighted by molar-refractivity contribution is 7.84. The first-order chi connectivity index (χ1) is 14.2. The monoisotopic (exact) mass is 451 g/mol. The van der Waals surface area contributed by atoms with E-state index >= 15 is 0 Å². The summed E-state index contributed by atoms with van der Waals surface area (Å²) in [5.74, 6) is -1.82. The number of oxime groups is 1. The maximum Gasteiger partial charge on any atom is 0.362 e. The number of nitrogens with two attached hydrogens (primary N) is 1. The number of nitrogen functional groups attached to an aromatic ring is 1. The lowest BCUT2D eigenvalue weighted by Gasteiger charge is -2.42. The SMILES string of the molecule is CON=C(C(=O)NC1C(=O)N(S(=O)(=O)O)C1C=Cc1ccccc1)c1csc(N)n1. The minimum absolute atomic E-state index is 0.131. The Labute approximate surface area is 175 Å². The number of hydrogen-bond acceptors (Lipinski definition) is 9. The molecule has 2 aromatic rings. The molecule has 1 fully saturated rings. The van der Waals surface area contributed by atoms with E-state index in [-0.39, 0.29) is 20.8 Å². The van der Waals surface area contributed by atoms with Gasteiger partial charge in [-0.05, 0) is 5.56 Å². The first-order valence-corrected chi connectivity index (χ1v) is 10.7. The maximum absolute atomic E-state index is 12.7. The average molecular weight is 451 g/mol. The van der Waals surface area contributed by atoms with E-state index in [2.05, 4.69) is 20.3 Å². The van der Waals surface area contributed by atoms with Gasteiger partial charge in [0, 0.05) is 5.38 Å². The first kappa shape index (κ1) is 21.4. The van der Waals surface area contributed by atoms with E-state index in [0.29, 0.717) is 0 Å². The predicted molar refractivity (Wildman–Crippen MR) is 110 cm³/mol. The molecule has 0 radical (unpaired) electrons. The van der Waals surface area contributed by atoms with Crippen molar-refractivity contribution >= 4 is 50.4 Å². The highest BCUT2D eigenvalue weighted by Gasteiger charge is 2.53. The summed E-state index contributed by atoms with van der Waals surface area (Å²) in [6, 6.07) is 6.49. The molecule has 1 aliphatic rings. The van der Waals surface area contributed by atoms with Gasteiger partial charge in [0.05, 0.1) is 6.04 Å². The molecule has 1 aromatic heterocycles. The number of rotatable bonds is 7. The van der Waals surface area contributed by atoms with Crippen molar-refractivity contribution in [3.63, 3.8) is 0 Å². The summed E-state index contributed by atoms with van der Waals surface area (Å²) < 4.78 is 32.8. The number of carbonyl (C=O) groups excluding carboxylic acids is 2. The number of benzene rings is 1. The van der Waals surface area contributed by atoms with Crippen LogP contribution in [-0.2, 0) is 24.7 Å². The van der Waals surface area contributed by atoms with Gasteiger partial charge in [0.1, 0.15) is 18.8 Å². The Hall–Kier alpha value is -3.29. The topological polar surface area (TPSA) is 164 Å². The second kappa shape index (κ2) is 8.61. The van der Waals surface area contributed by atoms with Crippen LogP contribution in [0.15, 0.2) is 46.9 Å². The van der Waals surface area contributed by atoms with Gasteiger partial charge in [-0.3, -0.25) is 14.1 Å². The molecule has 4 N–H and O–H groups in total. The Bertz CT molecular complexity index is 1110. The quantitative estimate of drug-likeness (QED) is 0.234. The van der Waals surface area contributed by atoms with Crippen LogP contribution in [0, 0.1) is 0 Å². The van der Waals surface area contributed by atoms with Gasteiger partial charge < -0.3 is 15.9 Å². The van der Waals surface area contributed by atoms with Crippen LogP contribution >= 0.6 is 11.3 Å². The van der Waals surface area contributed by atoms with E-state index in [1.54, 1.807) is 36.4 Å². The molecule has 0 bridgehead atoms. The maximum atomic E-state index is 12.7. The highest BCUT2D eigenvalue weighted by atomic mass is 32.2. The van der Waals surface area contributed by atoms with Crippen molar-refractivity contribution in [2.75, 3.05) is 12.8 Å². The van der Waals surface area contributed by atoms with Gasteiger partial charge in [-0.25, -0.2) is 9.29 Å². The number of hydrogen-bond donors (Lipinski definition) is 3. The van der Waals surface area contributed by atoms with Gasteiger partial charge in [0.25, 0.3) is 11.8 Å². The van der Waals surface area contributed by atoms with Gasteiger partial charge >= 0.3 is 10.3 Å². The lowest BCUT2D eigenvalue weighted by atomic mass is 9.97. The molecule has 30 heavy (non-hydrogen) atoms. The molecule has 2 atom stereocenters. The van der Waals surface area contributed by atoms with E-state index in [1.165, 1.54) is 18.6 Å². The first-order valence-electron chi connectivity index (χ1n) is 8.39. The van der Waals surface area contributed by atoms with Crippen molar-refractivity contribution in [2.24, 2.45) is 5.16 Å². The smallest absolute Gasteiger partial charge is 0.362 e. The molecule has 11 nitrogen and oxygen atoms in total. The minimum Gasteiger partial charge on any atom is -0.398 e. The largest absolute Gasteiger partial charge is 0.398 e. The lowest BCUT2D eigenvalue weighted by molar-refractivity contribution is -0.142. The van der Waals surface area contributed by atoms with Crippen molar-refractivity contribution in [2.45, 2.75) is 12.1 Å². The number of anilines is 1. The summed E-state index contributed by atoms with van der Waals surface area (Å²) in [5, 5.41) is 7.69. The normalized spacial score (nSPS) is 19.6. The van der Waals surface area contributed by atoms with E-state index in [0.717, 1.165) is 16.9 Å². The molecule has 2 amide bonds. The van der Waals surface area contributed by atoms with Crippen molar-refractivity contribution in [3.05, 3.63) is 53.0 Å². The fraction of sp³-hybridized carbons (Fsp3) is 0.176. The minimum atomic E-state index is -4.82. The summed E-state index contributed by atoms with van der Waals surface area (Å²) in [5.41, 5.74) is 6.19. The van der Waals surface area contributed by atoms with Crippen LogP contribution in [0.3, 0.4) is 0 Å². The Morgan fingerprint density at radius 2 is 2.10 bits per heavy atom. The molecule has 0 aliphatic carbocycles.